The van der Waals surface area contributed by atoms with Gasteiger partial charge >= 0.3 is 6.09 Å². The van der Waals surface area contributed by atoms with Gasteiger partial charge in [-0.25, -0.2) is 9.78 Å². The normalized spacial score (nSPS) is 17.8. The van der Waals surface area contributed by atoms with Gasteiger partial charge in [0.25, 0.3) is 0 Å². The Morgan fingerprint density at radius 2 is 1.92 bits per heavy atom. The van der Waals surface area contributed by atoms with Gasteiger partial charge in [-0.15, -0.1) is 0 Å². The zero-order valence-electron chi connectivity index (χ0n) is 15.4. The predicted octanol–water partition coefficient (Wildman–Crippen LogP) is 1.38. The van der Waals surface area contributed by atoms with E-state index in [0.29, 0.717) is 57.4 Å². The number of morpholine rings is 1. The van der Waals surface area contributed by atoms with Crippen molar-refractivity contribution in [2.45, 2.75) is 13.8 Å². The Morgan fingerprint density at radius 3 is 2.54 bits per heavy atom. The number of hydrogen-bond acceptors (Lipinski definition) is 7. The lowest BCUT2D eigenvalue weighted by Crippen LogP contribution is -2.49. The minimum atomic E-state index is -0.279. The third-order valence-corrected chi connectivity index (χ3v) is 4.74. The van der Waals surface area contributed by atoms with Crippen LogP contribution in [0.4, 0.5) is 16.4 Å². The molecule has 2 aliphatic rings. The fraction of sp³-hybridized carbons (Fsp3) is 0.611. The number of aryl methyl sites for hydroxylation is 1. The van der Waals surface area contributed by atoms with Crippen LogP contribution in [-0.2, 0) is 9.47 Å². The van der Waals surface area contributed by atoms with Crippen molar-refractivity contribution < 1.29 is 14.3 Å². The minimum Gasteiger partial charge on any atom is -0.450 e. The number of piperazine rings is 1. The second-order valence-electron chi connectivity index (χ2n) is 6.38. The van der Waals surface area contributed by atoms with E-state index in [9.17, 15) is 10.1 Å². The largest absolute Gasteiger partial charge is 0.450 e. The molecule has 3 heterocycles. The van der Waals surface area contributed by atoms with Gasteiger partial charge in [-0.05, 0) is 25.5 Å². The monoisotopic (exact) mass is 359 g/mol. The molecule has 0 unspecified atom stereocenters. The molecule has 0 aromatic carbocycles. The Kier molecular flexibility index (Phi) is 5.78. The van der Waals surface area contributed by atoms with Crippen molar-refractivity contribution in [2.75, 3.05) is 68.9 Å². The summed E-state index contributed by atoms with van der Waals surface area (Å²) >= 11 is 0. The van der Waals surface area contributed by atoms with E-state index in [1.807, 2.05) is 13.0 Å². The summed E-state index contributed by atoms with van der Waals surface area (Å²) in [6, 6.07) is 4.27. The standard InChI is InChI=1S/C18H25N5O3/c1-3-26-18(24)23-6-4-22(5-7-23)17-15(13-19)14(2)12-16(20-17)21-8-10-25-11-9-21/h12H,3-11H2,1-2H3. The number of carbonyl (C=O) groups is 1. The van der Waals surface area contributed by atoms with Crippen molar-refractivity contribution in [3.8, 4) is 6.07 Å². The number of anilines is 2. The van der Waals surface area contributed by atoms with Crippen molar-refractivity contribution in [3.05, 3.63) is 17.2 Å². The molecule has 2 saturated heterocycles. The van der Waals surface area contributed by atoms with Gasteiger partial charge < -0.3 is 24.2 Å². The summed E-state index contributed by atoms with van der Waals surface area (Å²) < 4.78 is 10.5. The molecule has 8 heteroatoms. The van der Waals surface area contributed by atoms with E-state index in [4.69, 9.17) is 14.5 Å². The molecule has 140 valence electrons. The van der Waals surface area contributed by atoms with Crippen molar-refractivity contribution in [3.63, 3.8) is 0 Å². The minimum absolute atomic E-state index is 0.279. The van der Waals surface area contributed by atoms with Crippen LogP contribution in [0.3, 0.4) is 0 Å². The van der Waals surface area contributed by atoms with Gasteiger partial charge in [0.05, 0.1) is 25.4 Å². The van der Waals surface area contributed by atoms with Crippen molar-refractivity contribution in [1.82, 2.24) is 9.88 Å². The third kappa shape index (κ3) is 3.83. The Balaban J connectivity index is 1.79. The van der Waals surface area contributed by atoms with E-state index in [2.05, 4.69) is 15.9 Å². The summed E-state index contributed by atoms with van der Waals surface area (Å²) in [6.07, 6.45) is -0.279. The smallest absolute Gasteiger partial charge is 0.409 e. The second-order valence-corrected chi connectivity index (χ2v) is 6.38. The first-order chi connectivity index (χ1) is 12.6. The number of nitrogens with zero attached hydrogens (tertiary/aromatic N) is 5. The molecule has 0 N–H and O–H groups in total. The summed E-state index contributed by atoms with van der Waals surface area (Å²) in [6.45, 7) is 9.49. The number of ether oxygens (including phenoxy) is 2. The van der Waals surface area contributed by atoms with Crippen LogP contribution < -0.4 is 9.80 Å². The molecule has 2 aliphatic heterocycles. The zero-order chi connectivity index (χ0) is 18.5. The van der Waals surface area contributed by atoms with Gasteiger partial charge in [-0.2, -0.15) is 5.26 Å². The predicted molar refractivity (Wildman–Crippen MR) is 97.5 cm³/mol. The van der Waals surface area contributed by atoms with Crippen molar-refractivity contribution in [2.24, 2.45) is 0 Å². The van der Waals surface area contributed by atoms with Crippen LogP contribution in [-0.4, -0.2) is 75.1 Å². The summed E-state index contributed by atoms with van der Waals surface area (Å²) in [5.74, 6) is 1.59. The number of pyridine rings is 1. The average Bonchev–Trinajstić information content (AvgIpc) is 2.68. The molecule has 0 aliphatic carbocycles. The Morgan fingerprint density at radius 1 is 1.23 bits per heavy atom. The summed E-state index contributed by atoms with van der Waals surface area (Å²) in [5.41, 5.74) is 1.53. The maximum atomic E-state index is 11.9. The first kappa shape index (κ1) is 18.3. The number of hydrogen-bond donors (Lipinski definition) is 0. The van der Waals surface area contributed by atoms with E-state index in [-0.39, 0.29) is 6.09 Å². The van der Waals surface area contributed by atoms with Gasteiger partial charge in [0.1, 0.15) is 17.7 Å². The van der Waals surface area contributed by atoms with E-state index in [1.165, 1.54) is 0 Å². The molecule has 1 amide bonds. The van der Waals surface area contributed by atoms with Crippen LogP contribution in [0.2, 0.25) is 0 Å². The highest BCUT2D eigenvalue weighted by atomic mass is 16.6. The van der Waals surface area contributed by atoms with Crippen LogP contribution in [0.25, 0.3) is 0 Å². The molecular weight excluding hydrogens is 334 g/mol. The highest BCUT2D eigenvalue weighted by molar-refractivity contribution is 5.68. The van der Waals surface area contributed by atoms with E-state index < -0.39 is 0 Å². The molecule has 0 bridgehead atoms. The van der Waals surface area contributed by atoms with E-state index in [1.54, 1.807) is 11.8 Å². The molecule has 26 heavy (non-hydrogen) atoms. The molecule has 8 nitrogen and oxygen atoms in total. The lowest BCUT2D eigenvalue weighted by molar-refractivity contribution is 0.105. The summed E-state index contributed by atoms with van der Waals surface area (Å²) in [4.78, 5) is 22.7. The maximum Gasteiger partial charge on any atom is 0.409 e. The van der Waals surface area contributed by atoms with Crippen LogP contribution >= 0.6 is 0 Å². The Hall–Kier alpha value is -2.53. The van der Waals surface area contributed by atoms with Crippen LogP contribution in [0.15, 0.2) is 6.07 Å². The summed E-state index contributed by atoms with van der Waals surface area (Å²) in [7, 11) is 0. The number of carbonyl (C=O) groups excluding carboxylic acids is 1. The molecule has 0 saturated carbocycles. The van der Waals surface area contributed by atoms with Gasteiger partial charge in [0.2, 0.25) is 0 Å². The molecule has 0 radical (unpaired) electrons. The highest BCUT2D eigenvalue weighted by Crippen LogP contribution is 2.27. The SMILES string of the molecule is CCOC(=O)N1CCN(c2nc(N3CCOCC3)cc(C)c2C#N)CC1. The van der Waals surface area contributed by atoms with Crippen LogP contribution in [0.5, 0.6) is 0 Å². The maximum absolute atomic E-state index is 11.9. The second kappa shape index (κ2) is 8.23. The quantitative estimate of drug-likeness (QED) is 0.806. The Bertz CT molecular complexity index is 689. The fourth-order valence-corrected chi connectivity index (χ4v) is 3.28. The van der Waals surface area contributed by atoms with E-state index >= 15 is 0 Å². The zero-order valence-corrected chi connectivity index (χ0v) is 15.4. The lowest BCUT2D eigenvalue weighted by Gasteiger charge is -2.36. The van der Waals surface area contributed by atoms with Crippen LogP contribution in [0.1, 0.15) is 18.1 Å². The van der Waals surface area contributed by atoms with Gasteiger partial charge in [-0.3, -0.25) is 0 Å². The molecule has 1 aromatic heterocycles. The van der Waals surface area contributed by atoms with Gasteiger partial charge in [0.15, 0.2) is 0 Å². The number of amides is 1. The van der Waals surface area contributed by atoms with Crippen molar-refractivity contribution >= 4 is 17.7 Å². The number of nitriles is 1. The molecule has 0 spiro atoms. The highest BCUT2D eigenvalue weighted by Gasteiger charge is 2.26. The number of rotatable bonds is 3. The topological polar surface area (TPSA) is 81.9 Å². The lowest BCUT2D eigenvalue weighted by atomic mass is 10.1. The average molecular weight is 359 g/mol. The molecule has 3 rings (SSSR count). The van der Waals surface area contributed by atoms with Crippen molar-refractivity contribution in [1.29, 1.82) is 5.26 Å². The first-order valence-corrected chi connectivity index (χ1v) is 9.05. The molecule has 1 aromatic rings. The number of aromatic nitrogens is 1. The molecular formula is C18H25N5O3. The third-order valence-electron chi connectivity index (χ3n) is 4.74. The first-order valence-electron chi connectivity index (χ1n) is 9.05. The van der Waals surface area contributed by atoms with E-state index in [0.717, 1.165) is 24.5 Å². The van der Waals surface area contributed by atoms with Gasteiger partial charge in [0, 0.05) is 39.3 Å². The molecule has 0 atom stereocenters. The Labute approximate surface area is 153 Å². The summed E-state index contributed by atoms with van der Waals surface area (Å²) in [5, 5.41) is 9.61. The van der Waals surface area contributed by atoms with Crippen LogP contribution in [0, 0.1) is 18.3 Å². The fourth-order valence-electron chi connectivity index (χ4n) is 3.28. The molecule has 2 fully saturated rings. The van der Waals surface area contributed by atoms with Gasteiger partial charge in [-0.1, -0.05) is 0 Å².